The molecule has 2 aromatic rings. The number of rotatable bonds is 4. The number of nitrogens with two attached hydrogens (primary N) is 1. The van der Waals surface area contributed by atoms with Gasteiger partial charge < -0.3 is 4.57 Å². The highest BCUT2D eigenvalue weighted by atomic mass is 79.9. The Hall–Kier alpha value is -1.24. The van der Waals surface area contributed by atoms with Gasteiger partial charge in [0.2, 0.25) is 0 Å². The lowest BCUT2D eigenvalue weighted by atomic mass is 10.0. The van der Waals surface area contributed by atoms with Crippen molar-refractivity contribution in [1.29, 1.82) is 0 Å². The second-order valence-corrected chi connectivity index (χ2v) is 4.88. The van der Waals surface area contributed by atoms with E-state index in [4.69, 9.17) is 5.84 Å². The fourth-order valence-corrected chi connectivity index (χ4v) is 2.21. The summed E-state index contributed by atoms with van der Waals surface area (Å²) in [5, 5.41) is 0. The summed E-state index contributed by atoms with van der Waals surface area (Å²) in [4.78, 5) is 4.21. The van der Waals surface area contributed by atoms with Gasteiger partial charge in [-0.15, -0.1) is 0 Å². The van der Waals surface area contributed by atoms with Gasteiger partial charge in [-0.3, -0.25) is 11.3 Å². The minimum atomic E-state index is -0.316. The summed E-state index contributed by atoms with van der Waals surface area (Å²) >= 11 is 3.17. The molecule has 1 heterocycles. The summed E-state index contributed by atoms with van der Waals surface area (Å²) in [7, 11) is 1.90. The first-order valence-corrected chi connectivity index (χ1v) is 6.29. The SMILES string of the molecule is Cn1ccnc1CC(NN)c1cccc(Br)c1F. The van der Waals surface area contributed by atoms with E-state index >= 15 is 0 Å². The number of halogens is 2. The van der Waals surface area contributed by atoms with Crippen LogP contribution in [0, 0.1) is 5.82 Å². The third-order valence-corrected chi connectivity index (χ3v) is 3.48. The van der Waals surface area contributed by atoms with Crippen LogP contribution in [0.25, 0.3) is 0 Å². The predicted octanol–water partition coefficient (Wildman–Crippen LogP) is 2.07. The second kappa shape index (κ2) is 5.60. The van der Waals surface area contributed by atoms with E-state index in [1.54, 1.807) is 24.4 Å². The van der Waals surface area contributed by atoms with Crippen molar-refractivity contribution >= 4 is 15.9 Å². The summed E-state index contributed by atoms with van der Waals surface area (Å²) in [6, 6.07) is 4.84. The van der Waals surface area contributed by atoms with Crippen LogP contribution in [0.5, 0.6) is 0 Å². The van der Waals surface area contributed by atoms with Crippen molar-refractivity contribution in [3.8, 4) is 0 Å². The zero-order chi connectivity index (χ0) is 13.1. The molecule has 0 fully saturated rings. The van der Waals surface area contributed by atoms with Crippen molar-refractivity contribution in [1.82, 2.24) is 15.0 Å². The van der Waals surface area contributed by atoms with Crippen LogP contribution < -0.4 is 11.3 Å². The monoisotopic (exact) mass is 312 g/mol. The summed E-state index contributed by atoms with van der Waals surface area (Å²) in [6.45, 7) is 0. The molecule has 0 spiro atoms. The molecule has 18 heavy (non-hydrogen) atoms. The van der Waals surface area contributed by atoms with Gasteiger partial charge in [0, 0.05) is 31.4 Å². The molecule has 1 atom stereocenters. The average molecular weight is 313 g/mol. The molecule has 3 N–H and O–H groups in total. The smallest absolute Gasteiger partial charge is 0.142 e. The summed E-state index contributed by atoms with van der Waals surface area (Å²) < 4.78 is 16.3. The van der Waals surface area contributed by atoms with E-state index in [0.29, 0.717) is 16.5 Å². The zero-order valence-electron chi connectivity index (χ0n) is 9.90. The van der Waals surface area contributed by atoms with Crippen LogP contribution in [0.1, 0.15) is 17.4 Å². The predicted molar refractivity (Wildman–Crippen MR) is 71.1 cm³/mol. The molecular formula is C12H14BrFN4. The molecule has 0 bridgehead atoms. The van der Waals surface area contributed by atoms with E-state index in [1.165, 1.54) is 0 Å². The molecule has 96 valence electrons. The third-order valence-electron chi connectivity index (χ3n) is 2.87. The normalized spacial score (nSPS) is 12.7. The van der Waals surface area contributed by atoms with Crippen molar-refractivity contribution < 1.29 is 4.39 Å². The van der Waals surface area contributed by atoms with Gasteiger partial charge in [-0.25, -0.2) is 9.37 Å². The fourth-order valence-electron chi connectivity index (χ4n) is 1.82. The minimum Gasteiger partial charge on any atom is -0.338 e. The van der Waals surface area contributed by atoms with E-state index in [0.717, 1.165) is 5.82 Å². The third kappa shape index (κ3) is 2.60. The van der Waals surface area contributed by atoms with Gasteiger partial charge in [-0.2, -0.15) is 0 Å². The van der Waals surface area contributed by atoms with E-state index in [2.05, 4.69) is 26.3 Å². The van der Waals surface area contributed by atoms with Crippen molar-refractivity contribution in [3.63, 3.8) is 0 Å². The average Bonchev–Trinajstić information content (AvgIpc) is 2.76. The van der Waals surface area contributed by atoms with Gasteiger partial charge in [0.05, 0.1) is 10.5 Å². The Morgan fingerprint density at radius 2 is 2.33 bits per heavy atom. The first-order valence-electron chi connectivity index (χ1n) is 5.49. The van der Waals surface area contributed by atoms with E-state index < -0.39 is 0 Å². The molecule has 1 aromatic carbocycles. The number of aryl methyl sites for hydroxylation is 1. The van der Waals surface area contributed by atoms with Gasteiger partial charge in [0.1, 0.15) is 11.6 Å². The number of nitrogens with one attached hydrogen (secondary N) is 1. The van der Waals surface area contributed by atoms with Crippen molar-refractivity contribution in [3.05, 3.63) is 52.3 Å². The van der Waals surface area contributed by atoms with Crippen LogP contribution in [-0.4, -0.2) is 9.55 Å². The lowest BCUT2D eigenvalue weighted by Crippen LogP contribution is -2.31. The van der Waals surface area contributed by atoms with Gasteiger partial charge in [-0.05, 0) is 22.0 Å². The molecule has 0 amide bonds. The van der Waals surface area contributed by atoms with Crippen LogP contribution in [0.2, 0.25) is 0 Å². The van der Waals surface area contributed by atoms with E-state index in [1.807, 2.05) is 17.8 Å². The van der Waals surface area contributed by atoms with Crippen molar-refractivity contribution in [2.75, 3.05) is 0 Å². The number of hydrazine groups is 1. The summed E-state index contributed by atoms with van der Waals surface area (Å²) in [5.74, 6) is 6.07. The number of imidazole rings is 1. The topological polar surface area (TPSA) is 55.9 Å². The van der Waals surface area contributed by atoms with E-state index in [9.17, 15) is 4.39 Å². The molecule has 0 aliphatic heterocycles. The van der Waals surface area contributed by atoms with Crippen LogP contribution >= 0.6 is 15.9 Å². The summed E-state index contributed by atoms with van der Waals surface area (Å²) in [5.41, 5.74) is 3.16. The maximum absolute atomic E-state index is 14.0. The Kier molecular flexibility index (Phi) is 4.11. The Morgan fingerprint density at radius 3 is 2.94 bits per heavy atom. The first kappa shape index (κ1) is 13.2. The zero-order valence-corrected chi connectivity index (χ0v) is 11.5. The number of nitrogens with zero attached hydrogens (tertiary/aromatic N) is 2. The largest absolute Gasteiger partial charge is 0.338 e. The Morgan fingerprint density at radius 1 is 1.56 bits per heavy atom. The minimum absolute atomic E-state index is 0.297. The van der Waals surface area contributed by atoms with Crippen LogP contribution in [0.15, 0.2) is 35.1 Å². The lowest BCUT2D eigenvalue weighted by Gasteiger charge is -2.17. The molecular weight excluding hydrogens is 299 g/mol. The molecule has 0 saturated carbocycles. The number of hydrogen-bond acceptors (Lipinski definition) is 3. The van der Waals surface area contributed by atoms with E-state index in [-0.39, 0.29) is 11.9 Å². The number of benzene rings is 1. The molecule has 4 nitrogen and oxygen atoms in total. The molecule has 0 radical (unpaired) electrons. The Balaban J connectivity index is 2.29. The van der Waals surface area contributed by atoms with Crippen LogP contribution in [0.3, 0.4) is 0 Å². The fraction of sp³-hybridized carbons (Fsp3) is 0.250. The number of hydrogen-bond donors (Lipinski definition) is 2. The molecule has 0 saturated heterocycles. The maximum Gasteiger partial charge on any atom is 0.142 e. The lowest BCUT2D eigenvalue weighted by molar-refractivity contribution is 0.495. The first-order chi connectivity index (χ1) is 8.63. The number of aromatic nitrogens is 2. The highest BCUT2D eigenvalue weighted by Gasteiger charge is 2.18. The van der Waals surface area contributed by atoms with Crippen LogP contribution in [0.4, 0.5) is 4.39 Å². The molecule has 6 heteroatoms. The highest BCUT2D eigenvalue weighted by Crippen LogP contribution is 2.25. The van der Waals surface area contributed by atoms with Gasteiger partial charge >= 0.3 is 0 Å². The Bertz CT molecular complexity index is 541. The summed E-state index contributed by atoms with van der Waals surface area (Å²) in [6.07, 6.45) is 4.08. The highest BCUT2D eigenvalue weighted by molar-refractivity contribution is 9.10. The standard InChI is InChI=1S/C12H14BrFN4/c1-18-6-5-16-11(18)7-10(17-15)8-3-2-4-9(13)12(8)14/h2-6,10,17H,7,15H2,1H3. The van der Waals surface area contributed by atoms with Gasteiger partial charge in [-0.1, -0.05) is 12.1 Å². The second-order valence-electron chi connectivity index (χ2n) is 4.02. The van der Waals surface area contributed by atoms with Crippen molar-refractivity contribution in [2.45, 2.75) is 12.5 Å². The maximum atomic E-state index is 14.0. The van der Waals surface area contributed by atoms with Gasteiger partial charge in [0.25, 0.3) is 0 Å². The molecule has 0 aliphatic carbocycles. The van der Waals surface area contributed by atoms with Crippen LogP contribution in [-0.2, 0) is 13.5 Å². The van der Waals surface area contributed by atoms with Gasteiger partial charge in [0.15, 0.2) is 0 Å². The molecule has 1 unspecified atom stereocenters. The molecule has 0 aliphatic rings. The van der Waals surface area contributed by atoms with Crippen molar-refractivity contribution in [2.24, 2.45) is 12.9 Å². The Labute approximate surface area is 113 Å². The quantitative estimate of drug-likeness (QED) is 0.671. The molecule has 1 aromatic heterocycles. The molecule has 2 rings (SSSR count).